The van der Waals surface area contributed by atoms with E-state index in [0.29, 0.717) is 6.54 Å². The van der Waals surface area contributed by atoms with Crippen molar-refractivity contribution in [3.63, 3.8) is 0 Å². The van der Waals surface area contributed by atoms with Crippen LogP contribution in [0.1, 0.15) is 17.0 Å². The average Bonchev–Trinajstić information content (AvgIpc) is 2.89. The monoisotopic (exact) mass is 248 g/mol. The predicted octanol–water partition coefficient (Wildman–Crippen LogP) is 1.59. The maximum atomic E-state index is 5.88. The Bertz CT molecular complexity index is 544. The second kappa shape index (κ2) is 4.14. The van der Waals surface area contributed by atoms with Crippen molar-refractivity contribution < 1.29 is 0 Å². The largest absolute Gasteiger partial charge is 0.325 e. The maximum absolute atomic E-state index is 5.88. The number of benzene rings is 1. The van der Waals surface area contributed by atoms with Gasteiger partial charge in [-0.15, -0.1) is 0 Å². The van der Waals surface area contributed by atoms with Crippen LogP contribution >= 0.6 is 11.6 Å². The van der Waals surface area contributed by atoms with Gasteiger partial charge < -0.3 is 11.1 Å². The third kappa shape index (κ3) is 1.74. The van der Waals surface area contributed by atoms with Crippen molar-refractivity contribution in [2.75, 3.05) is 0 Å². The summed E-state index contributed by atoms with van der Waals surface area (Å²) in [5.74, 6) is 0. The molecule has 0 spiro atoms. The Morgan fingerprint density at radius 1 is 1.29 bits per heavy atom. The lowest BCUT2D eigenvalue weighted by molar-refractivity contribution is 0.698. The van der Waals surface area contributed by atoms with Gasteiger partial charge >= 0.3 is 0 Å². The van der Waals surface area contributed by atoms with Crippen molar-refractivity contribution in [2.45, 2.75) is 19.6 Å². The van der Waals surface area contributed by atoms with Gasteiger partial charge in [0, 0.05) is 30.2 Å². The van der Waals surface area contributed by atoms with Crippen LogP contribution in [0, 0.1) is 0 Å². The lowest BCUT2D eigenvalue weighted by Gasteiger charge is -2.07. The number of halogens is 1. The smallest absolute Gasteiger partial charge is 0.0815 e. The fourth-order valence-electron chi connectivity index (χ4n) is 2.19. The van der Waals surface area contributed by atoms with E-state index in [1.54, 1.807) is 0 Å². The van der Waals surface area contributed by atoms with Crippen molar-refractivity contribution in [3.8, 4) is 5.69 Å². The fraction of sp³-hybridized carbons (Fsp3) is 0.250. The minimum atomic E-state index is 0.493. The van der Waals surface area contributed by atoms with Crippen molar-refractivity contribution in [3.05, 3.63) is 46.2 Å². The molecule has 0 fully saturated rings. The lowest BCUT2D eigenvalue weighted by Crippen LogP contribution is -2.12. The van der Waals surface area contributed by atoms with Gasteiger partial charge in [0.05, 0.1) is 17.1 Å². The highest BCUT2D eigenvalue weighted by Gasteiger charge is 2.21. The molecule has 1 aliphatic heterocycles. The Hall–Kier alpha value is -1.36. The molecule has 0 bridgehead atoms. The number of fused-ring (bicyclic) bond motifs is 1. The second-order valence-electron chi connectivity index (χ2n) is 4.07. The van der Waals surface area contributed by atoms with Gasteiger partial charge in [0.25, 0.3) is 0 Å². The van der Waals surface area contributed by atoms with Gasteiger partial charge in [-0.25, -0.2) is 4.68 Å². The predicted molar refractivity (Wildman–Crippen MR) is 67.0 cm³/mol. The molecule has 3 rings (SSSR count). The molecule has 1 aliphatic rings. The molecule has 0 aliphatic carbocycles. The van der Waals surface area contributed by atoms with Crippen molar-refractivity contribution in [1.29, 1.82) is 0 Å². The number of rotatable bonds is 2. The number of aromatic nitrogens is 2. The summed E-state index contributed by atoms with van der Waals surface area (Å²) in [7, 11) is 0. The van der Waals surface area contributed by atoms with E-state index in [4.69, 9.17) is 17.3 Å². The molecule has 0 amide bonds. The minimum Gasteiger partial charge on any atom is -0.325 e. The molecular formula is C12H13ClN4. The molecular weight excluding hydrogens is 236 g/mol. The van der Waals surface area contributed by atoms with Gasteiger partial charge in [0.15, 0.2) is 0 Å². The Labute approximate surface area is 104 Å². The molecule has 1 aromatic carbocycles. The first kappa shape index (κ1) is 10.8. The number of hydrogen-bond donors (Lipinski definition) is 2. The van der Waals surface area contributed by atoms with E-state index < -0.39 is 0 Å². The summed E-state index contributed by atoms with van der Waals surface area (Å²) in [6.45, 7) is 2.17. The SMILES string of the molecule is NCc1c2c(nn1-c1ccc(Cl)cc1)CNC2. The van der Waals surface area contributed by atoms with Crippen molar-refractivity contribution >= 4 is 11.6 Å². The molecule has 3 N–H and O–H groups in total. The third-order valence-electron chi connectivity index (χ3n) is 3.03. The van der Waals surface area contributed by atoms with Crippen LogP contribution in [0.25, 0.3) is 5.69 Å². The van der Waals surface area contributed by atoms with Crippen LogP contribution in [0.4, 0.5) is 0 Å². The van der Waals surface area contributed by atoms with Gasteiger partial charge in [0.1, 0.15) is 0 Å². The average molecular weight is 249 g/mol. The zero-order valence-corrected chi connectivity index (χ0v) is 10.0. The first-order valence-corrected chi connectivity index (χ1v) is 5.94. The Morgan fingerprint density at radius 2 is 2.06 bits per heavy atom. The van der Waals surface area contributed by atoms with Gasteiger partial charge in [0.2, 0.25) is 0 Å². The summed E-state index contributed by atoms with van der Waals surface area (Å²) in [5, 5.41) is 8.60. The van der Waals surface area contributed by atoms with E-state index in [0.717, 1.165) is 35.2 Å². The van der Waals surface area contributed by atoms with E-state index in [1.165, 1.54) is 5.56 Å². The molecule has 17 heavy (non-hydrogen) atoms. The second-order valence-corrected chi connectivity index (χ2v) is 4.50. The van der Waals surface area contributed by atoms with Crippen LogP contribution in [0.5, 0.6) is 0 Å². The Kier molecular flexibility index (Phi) is 2.63. The number of hydrogen-bond acceptors (Lipinski definition) is 3. The van der Waals surface area contributed by atoms with Crippen LogP contribution in [0.15, 0.2) is 24.3 Å². The fourth-order valence-corrected chi connectivity index (χ4v) is 2.32. The summed E-state index contributed by atoms with van der Waals surface area (Å²) in [6.07, 6.45) is 0. The number of nitrogens with two attached hydrogens (primary N) is 1. The summed E-state index contributed by atoms with van der Waals surface area (Å²) < 4.78 is 1.92. The van der Waals surface area contributed by atoms with Crippen LogP contribution in [-0.4, -0.2) is 9.78 Å². The van der Waals surface area contributed by atoms with Crippen LogP contribution in [0.3, 0.4) is 0 Å². The molecule has 0 radical (unpaired) electrons. The highest BCUT2D eigenvalue weighted by Crippen LogP contribution is 2.23. The molecule has 2 heterocycles. The molecule has 0 saturated heterocycles. The first-order chi connectivity index (χ1) is 8.29. The molecule has 88 valence electrons. The van der Waals surface area contributed by atoms with Crippen LogP contribution < -0.4 is 11.1 Å². The quantitative estimate of drug-likeness (QED) is 0.849. The molecule has 2 aromatic rings. The van der Waals surface area contributed by atoms with E-state index >= 15 is 0 Å². The summed E-state index contributed by atoms with van der Waals surface area (Å²) >= 11 is 5.88. The Balaban J connectivity index is 2.11. The minimum absolute atomic E-state index is 0.493. The summed E-state index contributed by atoms with van der Waals surface area (Å²) in [4.78, 5) is 0. The van der Waals surface area contributed by atoms with Crippen molar-refractivity contribution in [2.24, 2.45) is 5.73 Å². The van der Waals surface area contributed by atoms with Gasteiger partial charge in [-0.1, -0.05) is 11.6 Å². The number of nitrogens with one attached hydrogen (secondary N) is 1. The molecule has 1 aromatic heterocycles. The molecule has 4 nitrogen and oxygen atoms in total. The third-order valence-corrected chi connectivity index (χ3v) is 3.28. The molecule has 0 saturated carbocycles. The van der Waals surface area contributed by atoms with E-state index in [1.807, 2.05) is 28.9 Å². The Morgan fingerprint density at radius 3 is 2.76 bits per heavy atom. The summed E-state index contributed by atoms with van der Waals surface area (Å²) in [5.41, 5.74) is 10.2. The van der Waals surface area contributed by atoms with Crippen molar-refractivity contribution in [1.82, 2.24) is 15.1 Å². The van der Waals surface area contributed by atoms with E-state index in [2.05, 4.69) is 10.4 Å². The van der Waals surface area contributed by atoms with Gasteiger partial charge in [-0.3, -0.25) is 0 Å². The maximum Gasteiger partial charge on any atom is 0.0815 e. The highest BCUT2D eigenvalue weighted by atomic mass is 35.5. The normalized spacial score (nSPS) is 14.0. The zero-order chi connectivity index (χ0) is 11.8. The zero-order valence-electron chi connectivity index (χ0n) is 9.28. The first-order valence-electron chi connectivity index (χ1n) is 5.56. The molecule has 5 heteroatoms. The topological polar surface area (TPSA) is 55.9 Å². The van der Waals surface area contributed by atoms with Crippen LogP contribution in [0.2, 0.25) is 5.02 Å². The lowest BCUT2D eigenvalue weighted by atomic mass is 10.2. The van der Waals surface area contributed by atoms with E-state index in [-0.39, 0.29) is 0 Å². The highest BCUT2D eigenvalue weighted by molar-refractivity contribution is 6.30. The van der Waals surface area contributed by atoms with Crippen LogP contribution in [-0.2, 0) is 19.6 Å². The number of nitrogens with zero attached hydrogens (tertiary/aromatic N) is 2. The molecule has 0 atom stereocenters. The van der Waals surface area contributed by atoms with Gasteiger partial charge in [-0.05, 0) is 24.3 Å². The molecule has 0 unspecified atom stereocenters. The van der Waals surface area contributed by atoms with Gasteiger partial charge in [-0.2, -0.15) is 5.10 Å². The summed E-state index contributed by atoms with van der Waals surface area (Å²) in [6, 6.07) is 7.64. The standard InChI is InChI=1S/C12H13ClN4/c13-8-1-3-9(4-2-8)17-12(5-14)10-6-15-7-11(10)16-17/h1-4,15H,5-7,14H2. The van der Waals surface area contributed by atoms with E-state index in [9.17, 15) is 0 Å².